The van der Waals surface area contributed by atoms with E-state index in [1.54, 1.807) is 29.8 Å². The fourth-order valence-electron chi connectivity index (χ4n) is 2.60. The van der Waals surface area contributed by atoms with Crippen LogP contribution >= 0.6 is 35.3 Å². The van der Waals surface area contributed by atoms with E-state index >= 15 is 0 Å². The van der Waals surface area contributed by atoms with Gasteiger partial charge in [-0.1, -0.05) is 19.1 Å². The van der Waals surface area contributed by atoms with Crippen LogP contribution in [-0.4, -0.2) is 34.6 Å². The third-order valence-electron chi connectivity index (χ3n) is 3.75. The minimum atomic E-state index is 0.155. The van der Waals surface area contributed by atoms with Gasteiger partial charge in [-0.3, -0.25) is 4.79 Å². The lowest BCUT2D eigenvalue weighted by atomic mass is 10.2. The Kier molecular flexibility index (Phi) is 6.63. The first kappa shape index (κ1) is 17.8. The SMILES string of the molecule is CCSc1ccc(C2SCC(=O)N2CCSCc2ccco2)cc1. The summed E-state index contributed by atoms with van der Waals surface area (Å²) in [5.41, 5.74) is 1.22. The van der Waals surface area contributed by atoms with Gasteiger partial charge in [-0.25, -0.2) is 0 Å². The first-order valence-corrected chi connectivity index (χ1v) is 11.2. The summed E-state index contributed by atoms with van der Waals surface area (Å²) in [5, 5.41) is 0.155. The first-order valence-electron chi connectivity index (χ1n) is 8.02. The van der Waals surface area contributed by atoms with Crippen molar-refractivity contribution in [2.45, 2.75) is 22.9 Å². The van der Waals surface area contributed by atoms with Crippen molar-refractivity contribution in [2.75, 3.05) is 23.8 Å². The standard InChI is InChI=1S/C18H21NO2S3/c1-2-23-16-7-5-14(6-8-16)18-19(17(20)13-24-18)9-11-22-12-15-4-3-10-21-15/h3-8,10,18H,2,9,11-13H2,1H3. The zero-order valence-corrected chi connectivity index (χ0v) is 16.1. The lowest BCUT2D eigenvalue weighted by Crippen LogP contribution is -2.30. The van der Waals surface area contributed by atoms with Crippen LogP contribution in [0.2, 0.25) is 0 Å². The Morgan fingerprint density at radius 1 is 1.29 bits per heavy atom. The first-order chi connectivity index (χ1) is 11.8. The van der Waals surface area contributed by atoms with Gasteiger partial charge in [-0.05, 0) is 35.6 Å². The highest BCUT2D eigenvalue weighted by Gasteiger charge is 2.32. The maximum Gasteiger partial charge on any atom is 0.233 e. The summed E-state index contributed by atoms with van der Waals surface area (Å²) in [4.78, 5) is 15.5. The van der Waals surface area contributed by atoms with Crippen LogP contribution in [0.3, 0.4) is 0 Å². The van der Waals surface area contributed by atoms with Crippen molar-refractivity contribution in [3.8, 4) is 0 Å². The highest BCUT2D eigenvalue weighted by molar-refractivity contribution is 8.00. The lowest BCUT2D eigenvalue weighted by Gasteiger charge is -2.24. The van der Waals surface area contributed by atoms with Gasteiger partial charge in [0.25, 0.3) is 0 Å². The number of rotatable bonds is 8. The molecule has 24 heavy (non-hydrogen) atoms. The van der Waals surface area contributed by atoms with Gasteiger partial charge in [0.15, 0.2) is 0 Å². The zero-order valence-electron chi connectivity index (χ0n) is 13.6. The molecule has 0 spiro atoms. The number of benzene rings is 1. The van der Waals surface area contributed by atoms with E-state index in [9.17, 15) is 4.79 Å². The molecule has 0 radical (unpaired) electrons. The molecule has 0 bridgehead atoms. The van der Waals surface area contributed by atoms with E-state index in [1.807, 2.05) is 28.8 Å². The molecule has 0 saturated carbocycles. The van der Waals surface area contributed by atoms with Crippen LogP contribution in [0.25, 0.3) is 0 Å². The predicted molar refractivity (Wildman–Crippen MR) is 105 cm³/mol. The normalized spacial score (nSPS) is 17.6. The Balaban J connectivity index is 1.55. The van der Waals surface area contributed by atoms with Gasteiger partial charge in [0, 0.05) is 17.2 Å². The molecule has 2 heterocycles. The Bertz CT molecular complexity index is 643. The monoisotopic (exact) mass is 379 g/mol. The van der Waals surface area contributed by atoms with E-state index in [1.165, 1.54) is 10.5 Å². The van der Waals surface area contributed by atoms with Crippen molar-refractivity contribution in [2.24, 2.45) is 0 Å². The summed E-state index contributed by atoms with van der Waals surface area (Å²) in [7, 11) is 0. The van der Waals surface area contributed by atoms with Crippen molar-refractivity contribution < 1.29 is 9.21 Å². The number of furan rings is 1. The molecule has 0 N–H and O–H groups in total. The van der Waals surface area contributed by atoms with Crippen molar-refractivity contribution >= 4 is 41.2 Å². The van der Waals surface area contributed by atoms with Crippen molar-refractivity contribution in [1.82, 2.24) is 4.90 Å². The molecule has 1 atom stereocenters. The van der Waals surface area contributed by atoms with Crippen LogP contribution in [0, 0.1) is 0 Å². The third-order valence-corrected chi connectivity index (χ3v) is 6.86. The van der Waals surface area contributed by atoms with Crippen LogP contribution in [0.5, 0.6) is 0 Å². The molecule has 0 aliphatic carbocycles. The van der Waals surface area contributed by atoms with Gasteiger partial charge in [0.1, 0.15) is 11.1 Å². The Morgan fingerprint density at radius 3 is 2.83 bits per heavy atom. The molecule has 6 heteroatoms. The second kappa shape index (κ2) is 8.92. The second-order valence-electron chi connectivity index (χ2n) is 5.38. The fraction of sp³-hybridized carbons (Fsp3) is 0.389. The molecule has 1 fully saturated rings. The van der Waals surface area contributed by atoms with Gasteiger partial charge < -0.3 is 9.32 Å². The number of thioether (sulfide) groups is 3. The summed E-state index contributed by atoms with van der Waals surface area (Å²) in [6.45, 7) is 2.94. The minimum Gasteiger partial charge on any atom is -0.468 e. The van der Waals surface area contributed by atoms with E-state index in [0.29, 0.717) is 5.75 Å². The summed E-state index contributed by atoms with van der Waals surface area (Å²) in [5.74, 6) is 4.68. The van der Waals surface area contributed by atoms with E-state index in [4.69, 9.17) is 4.42 Å². The van der Waals surface area contributed by atoms with Crippen LogP contribution in [0.15, 0.2) is 52.0 Å². The molecule has 1 aliphatic heterocycles. The molecule has 1 aromatic carbocycles. The molecule has 1 saturated heterocycles. The number of nitrogens with zero attached hydrogens (tertiary/aromatic N) is 1. The molecular weight excluding hydrogens is 358 g/mol. The van der Waals surface area contributed by atoms with Crippen LogP contribution in [0.1, 0.15) is 23.6 Å². The fourth-order valence-corrected chi connectivity index (χ4v) is 5.31. The van der Waals surface area contributed by atoms with Crippen LogP contribution < -0.4 is 0 Å². The molecule has 1 aromatic heterocycles. The highest BCUT2D eigenvalue weighted by atomic mass is 32.2. The molecule has 1 aliphatic rings. The molecule has 2 aromatic rings. The Hall–Kier alpha value is -0.980. The molecule has 128 valence electrons. The summed E-state index contributed by atoms with van der Waals surface area (Å²) >= 11 is 5.38. The Morgan fingerprint density at radius 2 is 2.12 bits per heavy atom. The van der Waals surface area contributed by atoms with Crippen molar-refractivity contribution in [3.63, 3.8) is 0 Å². The maximum absolute atomic E-state index is 12.2. The summed E-state index contributed by atoms with van der Waals surface area (Å²) in [6, 6.07) is 12.6. The van der Waals surface area contributed by atoms with Gasteiger partial charge >= 0.3 is 0 Å². The average molecular weight is 380 g/mol. The van der Waals surface area contributed by atoms with Crippen molar-refractivity contribution in [1.29, 1.82) is 0 Å². The van der Waals surface area contributed by atoms with Crippen molar-refractivity contribution in [3.05, 3.63) is 54.0 Å². The second-order valence-corrected chi connectivity index (χ2v) is 8.90. The van der Waals surface area contributed by atoms with Crippen LogP contribution in [-0.2, 0) is 10.5 Å². The van der Waals surface area contributed by atoms with E-state index in [-0.39, 0.29) is 11.3 Å². The van der Waals surface area contributed by atoms with E-state index < -0.39 is 0 Å². The topological polar surface area (TPSA) is 33.5 Å². The quantitative estimate of drug-likeness (QED) is 0.481. The minimum absolute atomic E-state index is 0.155. The predicted octanol–water partition coefficient (Wildman–Crippen LogP) is 4.90. The molecular formula is C18H21NO2S3. The maximum atomic E-state index is 12.2. The molecule has 3 nitrogen and oxygen atoms in total. The third kappa shape index (κ3) is 4.55. The summed E-state index contributed by atoms with van der Waals surface area (Å²) < 4.78 is 5.34. The lowest BCUT2D eigenvalue weighted by molar-refractivity contribution is -0.127. The molecule has 1 amide bonds. The Labute approximate surface area is 155 Å². The molecule has 3 rings (SSSR count). The highest BCUT2D eigenvalue weighted by Crippen LogP contribution is 2.39. The van der Waals surface area contributed by atoms with Gasteiger partial charge in [-0.2, -0.15) is 11.8 Å². The van der Waals surface area contributed by atoms with E-state index in [2.05, 4.69) is 31.2 Å². The number of hydrogen-bond donors (Lipinski definition) is 0. The number of carbonyl (C=O) groups excluding carboxylic acids is 1. The molecule has 1 unspecified atom stereocenters. The summed E-state index contributed by atoms with van der Waals surface area (Å²) in [6.07, 6.45) is 1.70. The number of hydrogen-bond acceptors (Lipinski definition) is 5. The number of carbonyl (C=O) groups is 1. The number of amides is 1. The van der Waals surface area contributed by atoms with Gasteiger partial charge in [-0.15, -0.1) is 23.5 Å². The zero-order chi connectivity index (χ0) is 16.8. The van der Waals surface area contributed by atoms with E-state index in [0.717, 1.165) is 29.6 Å². The average Bonchev–Trinajstić information content (AvgIpc) is 3.23. The van der Waals surface area contributed by atoms with Crippen LogP contribution in [0.4, 0.5) is 0 Å². The van der Waals surface area contributed by atoms with Gasteiger partial charge in [0.2, 0.25) is 5.91 Å². The largest absolute Gasteiger partial charge is 0.468 e. The smallest absolute Gasteiger partial charge is 0.233 e. The van der Waals surface area contributed by atoms with Gasteiger partial charge in [0.05, 0.1) is 17.8 Å².